The van der Waals surface area contributed by atoms with Gasteiger partial charge in [0.15, 0.2) is 0 Å². The summed E-state index contributed by atoms with van der Waals surface area (Å²) in [6.45, 7) is 2.16. The average molecular weight is 366 g/mol. The van der Waals surface area contributed by atoms with Gasteiger partial charge in [-0.05, 0) is 30.5 Å². The zero-order chi connectivity index (χ0) is 18.0. The van der Waals surface area contributed by atoms with Crippen molar-refractivity contribution < 1.29 is 14.7 Å². The predicted molar refractivity (Wildman–Crippen MR) is 94.8 cm³/mol. The molecule has 6 nitrogen and oxygen atoms in total. The summed E-state index contributed by atoms with van der Waals surface area (Å²) in [5.74, 6) is -0.0403. The number of carbonyl (C=O) groups excluding carboxylic acids is 2. The molecule has 0 unspecified atom stereocenters. The van der Waals surface area contributed by atoms with Gasteiger partial charge in [-0.25, -0.2) is 0 Å². The molecule has 3 rings (SSSR count). The van der Waals surface area contributed by atoms with Crippen molar-refractivity contribution in [3.05, 3.63) is 34.9 Å². The molecule has 2 amide bonds. The maximum atomic E-state index is 12.5. The number of aliphatic hydroxyl groups is 1. The lowest BCUT2D eigenvalue weighted by Crippen LogP contribution is -2.51. The third-order valence-electron chi connectivity index (χ3n) is 5.34. The summed E-state index contributed by atoms with van der Waals surface area (Å²) in [6, 6.07) is 6.71. The molecule has 2 aliphatic rings. The van der Waals surface area contributed by atoms with Crippen LogP contribution in [-0.4, -0.2) is 59.0 Å². The van der Waals surface area contributed by atoms with E-state index >= 15 is 0 Å². The molecule has 0 radical (unpaired) electrons. The number of aliphatic hydroxyl groups excluding tert-OH is 1. The zero-order valence-corrected chi connectivity index (χ0v) is 14.9. The minimum Gasteiger partial charge on any atom is -0.394 e. The van der Waals surface area contributed by atoms with Gasteiger partial charge < -0.3 is 20.6 Å². The van der Waals surface area contributed by atoms with Crippen molar-refractivity contribution in [2.24, 2.45) is 11.1 Å². The molecule has 0 saturated carbocycles. The second kappa shape index (κ2) is 7.32. The Bertz CT molecular complexity index is 641. The molecule has 136 valence electrons. The zero-order valence-electron chi connectivity index (χ0n) is 14.2. The van der Waals surface area contributed by atoms with E-state index in [0.717, 1.165) is 24.9 Å². The Morgan fingerprint density at radius 1 is 1.28 bits per heavy atom. The Morgan fingerprint density at radius 2 is 1.92 bits per heavy atom. The van der Waals surface area contributed by atoms with Gasteiger partial charge in [-0.15, -0.1) is 0 Å². The molecule has 1 spiro atoms. The molecule has 2 aliphatic heterocycles. The van der Waals surface area contributed by atoms with Gasteiger partial charge in [-0.3, -0.25) is 9.59 Å². The number of piperidine rings is 1. The van der Waals surface area contributed by atoms with Crippen LogP contribution in [0.25, 0.3) is 0 Å². The first-order valence-electron chi connectivity index (χ1n) is 8.60. The predicted octanol–water partition coefficient (Wildman–Crippen LogP) is 1.00. The number of nitrogens with zero attached hydrogens (tertiary/aromatic N) is 2. The van der Waals surface area contributed by atoms with E-state index in [1.54, 1.807) is 4.90 Å². The van der Waals surface area contributed by atoms with Crippen LogP contribution in [0.5, 0.6) is 0 Å². The van der Waals surface area contributed by atoms with Gasteiger partial charge in [-0.1, -0.05) is 23.7 Å². The molecule has 25 heavy (non-hydrogen) atoms. The van der Waals surface area contributed by atoms with Crippen molar-refractivity contribution in [3.8, 4) is 0 Å². The topological polar surface area (TPSA) is 86.9 Å². The number of hydrogen-bond donors (Lipinski definition) is 2. The van der Waals surface area contributed by atoms with Gasteiger partial charge in [0.1, 0.15) is 6.04 Å². The van der Waals surface area contributed by atoms with Crippen LogP contribution in [0.2, 0.25) is 5.02 Å². The number of likely N-dealkylation sites (tertiary alicyclic amines) is 2. The SMILES string of the molecule is N[C@@H](CO)C(=O)N1CCC2(CC1)CC(=O)N(Cc1ccc(Cl)cc1)C2. The summed E-state index contributed by atoms with van der Waals surface area (Å²) < 4.78 is 0. The average Bonchev–Trinajstić information content (AvgIpc) is 2.91. The van der Waals surface area contributed by atoms with Crippen LogP contribution in [0.3, 0.4) is 0 Å². The lowest BCUT2D eigenvalue weighted by molar-refractivity contribution is -0.135. The summed E-state index contributed by atoms with van der Waals surface area (Å²) in [5.41, 5.74) is 6.63. The van der Waals surface area contributed by atoms with Crippen LogP contribution in [0, 0.1) is 5.41 Å². The van der Waals surface area contributed by atoms with Crippen LogP contribution < -0.4 is 5.73 Å². The van der Waals surface area contributed by atoms with Crippen molar-refractivity contribution in [2.75, 3.05) is 26.2 Å². The third kappa shape index (κ3) is 3.97. The van der Waals surface area contributed by atoms with Gasteiger partial charge >= 0.3 is 0 Å². The number of amides is 2. The Morgan fingerprint density at radius 3 is 2.52 bits per heavy atom. The van der Waals surface area contributed by atoms with E-state index in [4.69, 9.17) is 22.4 Å². The highest BCUT2D eigenvalue weighted by molar-refractivity contribution is 6.30. The molecule has 2 fully saturated rings. The van der Waals surface area contributed by atoms with Gasteiger partial charge in [0.05, 0.1) is 6.61 Å². The fourth-order valence-corrected chi connectivity index (χ4v) is 3.91. The van der Waals surface area contributed by atoms with Crippen molar-refractivity contribution in [2.45, 2.75) is 31.8 Å². The van der Waals surface area contributed by atoms with Crippen molar-refractivity contribution >= 4 is 23.4 Å². The second-order valence-electron chi connectivity index (χ2n) is 7.17. The number of rotatable bonds is 4. The Kier molecular flexibility index (Phi) is 5.32. The first-order chi connectivity index (χ1) is 11.9. The van der Waals surface area contributed by atoms with Crippen molar-refractivity contribution in [1.29, 1.82) is 0 Å². The van der Waals surface area contributed by atoms with Gasteiger partial charge in [0.25, 0.3) is 0 Å². The molecule has 1 aromatic carbocycles. The first kappa shape index (κ1) is 18.2. The summed E-state index contributed by atoms with van der Waals surface area (Å²) >= 11 is 5.91. The Hall–Kier alpha value is -1.63. The van der Waals surface area contributed by atoms with E-state index in [-0.39, 0.29) is 23.8 Å². The van der Waals surface area contributed by atoms with Gasteiger partial charge in [0.2, 0.25) is 11.8 Å². The molecular weight excluding hydrogens is 342 g/mol. The molecule has 0 aliphatic carbocycles. The van der Waals surface area contributed by atoms with Crippen LogP contribution in [0.15, 0.2) is 24.3 Å². The molecule has 0 bridgehead atoms. The van der Waals surface area contributed by atoms with E-state index < -0.39 is 6.04 Å². The maximum absolute atomic E-state index is 12.5. The molecule has 1 aromatic rings. The van der Waals surface area contributed by atoms with E-state index in [0.29, 0.717) is 31.1 Å². The molecule has 1 atom stereocenters. The van der Waals surface area contributed by atoms with Gasteiger partial charge in [0, 0.05) is 43.0 Å². The third-order valence-corrected chi connectivity index (χ3v) is 5.59. The minimum atomic E-state index is -0.847. The molecular formula is C18H24ClN3O3. The molecule has 3 N–H and O–H groups in total. The van der Waals surface area contributed by atoms with Crippen LogP contribution in [0.4, 0.5) is 0 Å². The Balaban J connectivity index is 1.59. The van der Waals surface area contributed by atoms with Gasteiger partial charge in [-0.2, -0.15) is 0 Å². The number of halogens is 1. The standard InChI is InChI=1S/C18H24ClN3O3/c19-14-3-1-13(2-4-14)10-22-12-18(9-16(22)24)5-7-21(8-6-18)17(25)15(20)11-23/h1-4,15,23H,5-12,20H2/t15-/m0/s1. The fraction of sp³-hybridized carbons (Fsp3) is 0.556. The number of nitrogens with two attached hydrogens (primary N) is 1. The summed E-state index contributed by atoms with van der Waals surface area (Å²) in [6.07, 6.45) is 2.12. The Labute approximate surface area is 152 Å². The van der Waals surface area contributed by atoms with E-state index in [9.17, 15) is 9.59 Å². The van der Waals surface area contributed by atoms with Crippen molar-refractivity contribution in [1.82, 2.24) is 9.80 Å². The summed E-state index contributed by atoms with van der Waals surface area (Å²) in [7, 11) is 0. The summed E-state index contributed by atoms with van der Waals surface area (Å²) in [5, 5.41) is 9.72. The summed E-state index contributed by atoms with van der Waals surface area (Å²) in [4.78, 5) is 28.1. The largest absolute Gasteiger partial charge is 0.394 e. The number of carbonyl (C=O) groups is 2. The van der Waals surface area contributed by atoms with Crippen molar-refractivity contribution in [3.63, 3.8) is 0 Å². The van der Waals surface area contributed by atoms with Crippen LogP contribution >= 0.6 is 11.6 Å². The molecule has 7 heteroatoms. The normalized spacial score (nSPS) is 21.0. The maximum Gasteiger partial charge on any atom is 0.241 e. The highest BCUT2D eigenvalue weighted by Crippen LogP contribution is 2.41. The second-order valence-corrected chi connectivity index (χ2v) is 7.60. The molecule has 0 aromatic heterocycles. The molecule has 2 saturated heterocycles. The first-order valence-corrected chi connectivity index (χ1v) is 8.98. The van der Waals surface area contributed by atoms with Crippen LogP contribution in [0.1, 0.15) is 24.8 Å². The van der Waals surface area contributed by atoms with Crippen LogP contribution in [-0.2, 0) is 16.1 Å². The lowest BCUT2D eigenvalue weighted by Gasteiger charge is -2.39. The van der Waals surface area contributed by atoms with E-state index in [1.807, 2.05) is 29.2 Å². The van der Waals surface area contributed by atoms with E-state index in [1.165, 1.54) is 0 Å². The van der Waals surface area contributed by atoms with E-state index in [2.05, 4.69) is 0 Å². The quantitative estimate of drug-likeness (QED) is 0.833. The fourth-order valence-electron chi connectivity index (χ4n) is 3.78. The highest BCUT2D eigenvalue weighted by Gasteiger charge is 2.45. The monoisotopic (exact) mass is 365 g/mol. The lowest BCUT2D eigenvalue weighted by atomic mass is 9.77. The smallest absolute Gasteiger partial charge is 0.241 e. The number of benzene rings is 1. The minimum absolute atomic E-state index is 0.0520. The highest BCUT2D eigenvalue weighted by atomic mass is 35.5. The molecule has 2 heterocycles. The number of hydrogen-bond acceptors (Lipinski definition) is 4.